The molecule has 2 aromatic rings. The van der Waals surface area contributed by atoms with Crippen LogP contribution in [0, 0.1) is 0 Å². The number of amides is 3. The number of carbonyl (C=O) groups is 2. The van der Waals surface area contributed by atoms with Gasteiger partial charge in [0, 0.05) is 39.4 Å². The minimum Gasteiger partial charge on any atom is -0.477 e. The number of halogens is 2. The van der Waals surface area contributed by atoms with Crippen molar-refractivity contribution < 1.29 is 27.8 Å². The first-order chi connectivity index (χ1) is 18.7. The van der Waals surface area contributed by atoms with Crippen LogP contribution in [0.25, 0.3) is 0 Å². The molecule has 2 fully saturated rings. The summed E-state index contributed by atoms with van der Waals surface area (Å²) < 4.78 is 39.6. The normalized spacial score (nSPS) is 23.6. The van der Waals surface area contributed by atoms with Gasteiger partial charge in [0.25, 0.3) is 0 Å². The zero-order chi connectivity index (χ0) is 27.9. The molecule has 39 heavy (non-hydrogen) atoms. The van der Waals surface area contributed by atoms with Crippen LogP contribution in [0.3, 0.4) is 0 Å². The first-order valence-corrected chi connectivity index (χ1v) is 12.7. The maximum Gasteiger partial charge on any atom is 0.413 e. The van der Waals surface area contributed by atoms with E-state index in [4.69, 9.17) is 9.47 Å². The van der Waals surface area contributed by atoms with Crippen LogP contribution >= 0.6 is 0 Å². The number of anilines is 3. The van der Waals surface area contributed by atoms with Gasteiger partial charge in [0.2, 0.25) is 11.8 Å². The molecule has 2 aromatic heterocycles. The molecule has 2 aliphatic heterocycles. The predicted octanol–water partition coefficient (Wildman–Crippen LogP) is 2.34. The number of carbonyl (C=O) groups excluding carboxylic acids is 2. The number of likely N-dealkylation sites (N-methyl/N-ethyl adjacent to an activating group) is 2. The molecule has 0 aromatic carbocycles. The van der Waals surface area contributed by atoms with Crippen molar-refractivity contribution in [1.29, 1.82) is 0 Å². The van der Waals surface area contributed by atoms with Gasteiger partial charge in [-0.3, -0.25) is 10.6 Å². The summed E-state index contributed by atoms with van der Waals surface area (Å²) in [6.07, 6.45) is 0.415. The molecule has 4 rings (SSSR count). The Morgan fingerprint density at radius 1 is 1.08 bits per heavy atom. The number of piperidine rings is 2. The van der Waals surface area contributed by atoms with Gasteiger partial charge in [-0.1, -0.05) is 0 Å². The standard InChI is InChI=1S/C24H33F2N9O4/c1-4-38-21-12-28-20(11-29-21)31-23(36)34(3)17-13-35(10-7-15(17)25)22-27-8-5-19(30-22)32-24(37)39-18-14-33(2)9-6-16(18)26/h5,8,11-12,15-18H,4,6-7,9-10,13-14H2,1-3H3,(H,28,31,36)(H,27,30,32,37)/t15-,16-,17+,18-/m1/s1. The molecule has 4 heterocycles. The molecule has 2 saturated heterocycles. The Morgan fingerprint density at radius 2 is 1.87 bits per heavy atom. The number of ether oxygens (including phenoxy) is 2. The molecule has 15 heteroatoms. The van der Waals surface area contributed by atoms with Crippen molar-refractivity contribution >= 4 is 29.7 Å². The fourth-order valence-corrected chi connectivity index (χ4v) is 4.40. The minimum atomic E-state index is -1.28. The lowest BCUT2D eigenvalue weighted by Crippen LogP contribution is -2.55. The Bertz CT molecular complexity index is 1130. The van der Waals surface area contributed by atoms with Gasteiger partial charge in [0.15, 0.2) is 5.82 Å². The Balaban J connectivity index is 1.35. The highest BCUT2D eigenvalue weighted by molar-refractivity contribution is 5.88. The van der Waals surface area contributed by atoms with Crippen molar-refractivity contribution in [2.45, 2.75) is 44.3 Å². The largest absolute Gasteiger partial charge is 0.477 e. The van der Waals surface area contributed by atoms with Crippen LogP contribution in [0.4, 0.5) is 36.0 Å². The Labute approximate surface area is 224 Å². The maximum absolute atomic E-state index is 14.9. The number of hydrogen-bond donors (Lipinski definition) is 2. The third-order valence-corrected chi connectivity index (χ3v) is 6.57. The van der Waals surface area contributed by atoms with Gasteiger partial charge in [-0.25, -0.2) is 33.3 Å². The van der Waals surface area contributed by atoms with Crippen LogP contribution in [0.15, 0.2) is 24.7 Å². The lowest BCUT2D eigenvalue weighted by atomic mass is 10.0. The Morgan fingerprint density at radius 3 is 2.62 bits per heavy atom. The topological polar surface area (TPSA) is 138 Å². The zero-order valence-corrected chi connectivity index (χ0v) is 22.1. The van der Waals surface area contributed by atoms with Crippen molar-refractivity contribution in [3.63, 3.8) is 0 Å². The third-order valence-electron chi connectivity index (χ3n) is 6.57. The van der Waals surface area contributed by atoms with E-state index >= 15 is 0 Å². The Hall–Kier alpha value is -3.88. The number of hydrogen-bond acceptors (Lipinski definition) is 10. The lowest BCUT2D eigenvalue weighted by Gasteiger charge is -2.39. The van der Waals surface area contributed by atoms with Crippen molar-refractivity contribution in [2.75, 3.05) is 62.4 Å². The summed E-state index contributed by atoms with van der Waals surface area (Å²) in [5.74, 6) is 0.931. The molecule has 4 atom stereocenters. The Kier molecular flexibility index (Phi) is 9.22. The highest BCUT2D eigenvalue weighted by atomic mass is 19.1. The number of nitrogens with one attached hydrogen (secondary N) is 2. The van der Waals surface area contributed by atoms with Crippen LogP contribution in [-0.4, -0.2) is 113 Å². The smallest absolute Gasteiger partial charge is 0.413 e. The molecule has 0 radical (unpaired) electrons. The highest BCUT2D eigenvalue weighted by Gasteiger charge is 2.36. The fourth-order valence-electron chi connectivity index (χ4n) is 4.40. The van der Waals surface area contributed by atoms with E-state index in [0.29, 0.717) is 32.1 Å². The highest BCUT2D eigenvalue weighted by Crippen LogP contribution is 2.24. The second-order valence-electron chi connectivity index (χ2n) is 9.41. The van der Waals surface area contributed by atoms with Crippen LogP contribution in [0.1, 0.15) is 19.8 Å². The third kappa shape index (κ3) is 7.37. The van der Waals surface area contributed by atoms with E-state index in [2.05, 4.69) is 30.6 Å². The summed E-state index contributed by atoms with van der Waals surface area (Å²) in [5.41, 5.74) is 0. The summed E-state index contributed by atoms with van der Waals surface area (Å²) in [7, 11) is 3.33. The van der Waals surface area contributed by atoms with E-state index in [1.165, 1.54) is 36.6 Å². The number of likely N-dealkylation sites (tertiary alicyclic amines) is 1. The van der Waals surface area contributed by atoms with Gasteiger partial charge >= 0.3 is 12.1 Å². The van der Waals surface area contributed by atoms with Crippen molar-refractivity contribution in [1.82, 2.24) is 29.7 Å². The van der Waals surface area contributed by atoms with E-state index in [-0.39, 0.29) is 37.0 Å². The van der Waals surface area contributed by atoms with Gasteiger partial charge in [0.1, 0.15) is 24.3 Å². The molecule has 3 amide bonds. The summed E-state index contributed by atoms with van der Waals surface area (Å²) in [6, 6.07) is 0.118. The average molecular weight is 550 g/mol. The minimum absolute atomic E-state index is 0.117. The number of alkyl halides is 2. The van der Waals surface area contributed by atoms with Crippen molar-refractivity contribution in [3.05, 3.63) is 24.7 Å². The molecule has 0 aliphatic carbocycles. The molecule has 212 valence electrons. The van der Waals surface area contributed by atoms with E-state index in [1.54, 1.807) is 4.90 Å². The summed E-state index contributed by atoms with van der Waals surface area (Å²) >= 11 is 0. The molecular formula is C24H33F2N9O4. The first-order valence-electron chi connectivity index (χ1n) is 12.7. The van der Waals surface area contributed by atoms with Crippen molar-refractivity contribution in [2.24, 2.45) is 0 Å². The SMILES string of the molecule is CCOc1cnc(NC(=O)N(C)[C@H]2CN(c3nccc(NC(=O)O[C@@H]4CN(C)CC[C@H]4F)n3)CC[C@H]2F)cn1. The second kappa shape index (κ2) is 12.8. The molecule has 0 bridgehead atoms. The summed E-state index contributed by atoms with van der Waals surface area (Å²) in [4.78, 5) is 46.8. The van der Waals surface area contributed by atoms with Gasteiger partial charge in [-0.15, -0.1) is 0 Å². The van der Waals surface area contributed by atoms with E-state index in [0.717, 1.165) is 0 Å². The van der Waals surface area contributed by atoms with E-state index in [1.807, 2.05) is 18.9 Å². The van der Waals surface area contributed by atoms with E-state index in [9.17, 15) is 18.4 Å². The lowest BCUT2D eigenvalue weighted by molar-refractivity contribution is 0.00188. The number of urea groups is 1. The molecule has 0 unspecified atom stereocenters. The quantitative estimate of drug-likeness (QED) is 0.529. The fraction of sp³-hybridized carbons (Fsp3) is 0.583. The number of rotatable bonds is 7. The summed E-state index contributed by atoms with van der Waals surface area (Å²) in [5, 5.41) is 5.11. The molecular weight excluding hydrogens is 516 g/mol. The van der Waals surface area contributed by atoms with Crippen molar-refractivity contribution in [3.8, 4) is 5.88 Å². The average Bonchev–Trinajstić information content (AvgIpc) is 2.92. The van der Waals surface area contributed by atoms with Crippen LogP contribution in [0.5, 0.6) is 5.88 Å². The van der Waals surface area contributed by atoms with Gasteiger partial charge in [-0.05, 0) is 32.9 Å². The van der Waals surface area contributed by atoms with E-state index < -0.39 is 36.6 Å². The zero-order valence-electron chi connectivity index (χ0n) is 22.1. The number of aromatic nitrogens is 4. The van der Waals surface area contributed by atoms with Crippen LogP contribution in [0.2, 0.25) is 0 Å². The second-order valence-corrected chi connectivity index (χ2v) is 9.41. The summed E-state index contributed by atoms with van der Waals surface area (Å²) in [6.45, 7) is 3.58. The maximum atomic E-state index is 14.9. The molecule has 2 N–H and O–H groups in total. The number of nitrogens with zero attached hydrogens (tertiary/aromatic N) is 7. The van der Waals surface area contributed by atoms with Gasteiger partial charge in [0.05, 0.1) is 25.0 Å². The monoisotopic (exact) mass is 549 g/mol. The molecule has 0 saturated carbocycles. The predicted molar refractivity (Wildman–Crippen MR) is 138 cm³/mol. The van der Waals surface area contributed by atoms with Gasteiger partial charge < -0.3 is 24.2 Å². The van der Waals surface area contributed by atoms with Gasteiger partial charge in [-0.2, -0.15) is 4.98 Å². The molecule has 13 nitrogen and oxygen atoms in total. The molecule has 2 aliphatic rings. The van der Waals surface area contributed by atoms with Crippen LogP contribution in [-0.2, 0) is 4.74 Å². The molecule has 0 spiro atoms. The first kappa shape index (κ1) is 28.1. The van der Waals surface area contributed by atoms with Crippen LogP contribution < -0.4 is 20.3 Å².